The summed E-state index contributed by atoms with van der Waals surface area (Å²) >= 11 is 6.53. The van der Waals surface area contributed by atoms with Crippen LogP contribution in [0.2, 0.25) is 5.02 Å². The first kappa shape index (κ1) is 27.6. The zero-order valence-corrected chi connectivity index (χ0v) is 21.9. The number of thioether (sulfide) groups is 1. The van der Waals surface area contributed by atoms with Gasteiger partial charge in [0.05, 0.1) is 41.4 Å². The first-order chi connectivity index (χ1) is 18.5. The molecule has 0 spiro atoms. The number of benzene rings is 2. The first-order valence-corrected chi connectivity index (χ1v) is 13.3. The third-order valence-electron chi connectivity index (χ3n) is 6.61. The van der Waals surface area contributed by atoms with Crippen LogP contribution in [0, 0.1) is 0 Å². The molecular weight excluding hydrogens is 560 g/mol. The number of hydrogen-bond donors (Lipinski definition) is 1. The molecule has 2 aliphatic heterocycles. The highest BCUT2D eigenvalue weighted by atomic mass is 35.5. The summed E-state index contributed by atoms with van der Waals surface area (Å²) in [7, 11) is 0. The second kappa shape index (κ2) is 10.9. The van der Waals surface area contributed by atoms with E-state index in [0.29, 0.717) is 29.4 Å². The third kappa shape index (κ3) is 6.13. The Morgan fingerprint density at radius 2 is 1.97 bits per heavy atom. The van der Waals surface area contributed by atoms with Gasteiger partial charge in [-0.1, -0.05) is 23.7 Å². The summed E-state index contributed by atoms with van der Waals surface area (Å²) in [6.45, 7) is 0.594. The fourth-order valence-electron chi connectivity index (χ4n) is 4.76. The summed E-state index contributed by atoms with van der Waals surface area (Å²) in [5.41, 5.74) is 0.375. The monoisotopic (exact) mass is 582 g/mol. The summed E-state index contributed by atoms with van der Waals surface area (Å²) in [5.74, 6) is -0.535. The number of aliphatic hydroxyl groups is 1. The number of rotatable bonds is 7. The molecule has 39 heavy (non-hydrogen) atoms. The molecule has 0 saturated carbocycles. The lowest BCUT2D eigenvalue weighted by Gasteiger charge is -2.22. The van der Waals surface area contributed by atoms with Crippen molar-refractivity contribution in [2.75, 3.05) is 26.2 Å². The van der Waals surface area contributed by atoms with Crippen molar-refractivity contribution in [3.05, 3.63) is 69.2 Å². The average molecular weight is 583 g/mol. The zero-order valence-electron chi connectivity index (χ0n) is 20.4. The van der Waals surface area contributed by atoms with E-state index in [2.05, 4.69) is 5.10 Å². The minimum absolute atomic E-state index is 0.0125. The maximum atomic E-state index is 13.5. The van der Waals surface area contributed by atoms with Crippen molar-refractivity contribution in [2.24, 2.45) is 0 Å². The molecular formula is C26H23ClF4N4O3S. The quantitative estimate of drug-likeness (QED) is 0.305. The van der Waals surface area contributed by atoms with E-state index < -0.39 is 35.2 Å². The molecule has 5 rings (SSSR count). The molecule has 3 heterocycles. The number of amides is 2. The molecule has 1 N–H and O–H groups in total. The molecule has 13 heteroatoms. The van der Waals surface area contributed by atoms with Crippen LogP contribution in [0.15, 0.2) is 47.5 Å². The topological polar surface area (TPSA) is 78.7 Å². The van der Waals surface area contributed by atoms with Crippen LogP contribution in [0.25, 0.3) is 17.0 Å². The standard InChI is InChI=1S/C26H23ClF4N4O3S/c27-18-3-2-16(21(9-18)26(29,30)31)11-35-22-4-1-15(7-17(22)10-32-35)8-23-24(37)34(25(38)39-23)14-20(36)13-33-6-5-19(28)12-33/h1-4,7-10,19-20,36H,5-6,11-14H2/t19-,20-/m1/s1. The first-order valence-electron chi connectivity index (χ1n) is 12.1. The molecule has 2 fully saturated rings. The fourth-order valence-corrected chi connectivity index (χ4v) is 5.78. The van der Waals surface area contributed by atoms with E-state index in [-0.39, 0.29) is 41.7 Å². The lowest BCUT2D eigenvalue weighted by molar-refractivity contribution is -0.138. The molecule has 0 radical (unpaired) electrons. The molecule has 2 aliphatic rings. The van der Waals surface area contributed by atoms with Gasteiger partial charge in [0.25, 0.3) is 11.1 Å². The van der Waals surface area contributed by atoms with Crippen molar-refractivity contribution < 1.29 is 32.3 Å². The Hall–Kier alpha value is -2.93. The Balaban J connectivity index is 1.30. The Morgan fingerprint density at radius 3 is 2.69 bits per heavy atom. The maximum absolute atomic E-state index is 13.5. The van der Waals surface area contributed by atoms with E-state index >= 15 is 0 Å². The lowest BCUT2D eigenvalue weighted by atomic mass is 10.1. The summed E-state index contributed by atoms with van der Waals surface area (Å²) in [6.07, 6.45) is -3.04. The predicted molar refractivity (Wildman–Crippen MR) is 140 cm³/mol. The summed E-state index contributed by atoms with van der Waals surface area (Å²) in [6, 6.07) is 8.68. The molecule has 3 aromatic rings. The van der Waals surface area contributed by atoms with Crippen LogP contribution < -0.4 is 0 Å². The van der Waals surface area contributed by atoms with Crippen molar-refractivity contribution >= 4 is 51.5 Å². The van der Waals surface area contributed by atoms with E-state index in [4.69, 9.17) is 11.6 Å². The van der Waals surface area contributed by atoms with Gasteiger partial charge in [-0.3, -0.25) is 24.1 Å². The number of carbonyl (C=O) groups is 2. The molecule has 2 saturated heterocycles. The van der Waals surface area contributed by atoms with Gasteiger partial charge in [0.1, 0.15) is 6.17 Å². The van der Waals surface area contributed by atoms with Gasteiger partial charge >= 0.3 is 6.18 Å². The molecule has 2 aromatic carbocycles. The number of hydrogen-bond acceptors (Lipinski definition) is 6. The normalized spacial score (nSPS) is 20.6. The Kier molecular flexibility index (Phi) is 7.73. The highest BCUT2D eigenvalue weighted by Gasteiger charge is 2.37. The number of likely N-dealkylation sites (tertiary alicyclic amines) is 1. The largest absolute Gasteiger partial charge is 0.416 e. The number of aromatic nitrogens is 2. The number of halogens is 5. The Morgan fingerprint density at radius 1 is 1.18 bits per heavy atom. The molecule has 0 aliphatic carbocycles. The van der Waals surface area contributed by atoms with Crippen LogP contribution in [-0.2, 0) is 17.5 Å². The van der Waals surface area contributed by atoms with Crippen molar-refractivity contribution in [1.82, 2.24) is 19.6 Å². The van der Waals surface area contributed by atoms with Gasteiger partial charge in [-0.05, 0) is 59.7 Å². The van der Waals surface area contributed by atoms with Crippen LogP contribution in [0.1, 0.15) is 23.1 Å². The van der Waals surface area contributed by atoms with E-state index in [1.807, 2.05) is 0 Å². The van der Waals surface area contributed by atoms with Gasteiger partial charge in [0.15, 0.2) is 0 Å². The van der Waals surface area contributed by atoms with Crippen molar-refractivity contribution in [2.45, 2.75) is 31.4 Å². The Labute approximate surface area is 230 Å². The smallest absolute Gasteiger partial charge is 0.390 e. The number of aliphatic hydroxyl groups excluding tert-OH is 1. The Bertz CT molecular complexity index is 1460. The third-order valence-corrected chi connectivity index (χ3v) is 7.75. The van der Waals surface area contributed by atoms with Crippen molar-refractivity contribution in [1.29, 1.82) is 0 Å². The molecule has 206 valence electrons. The van der Waals surface area contributed by atoms with Gasteiger partial charge in [0, 0.05) is 30.0 Å². The summed E-state index contributed by atoms with van der Waals surface area (Å²) < 4.78 is 55.3. The maximum Gasteiger partial charge on any atom is 0.416 e. The minimum atomic E-state index is -4.57. The van der Waals surface area contributed by atoms with Crippen LogP contribution >= 0.6 is 23.4 Å². The van der Waals surface area contributed by atoms with E-state index in [1.54, 1.807) is 29.2 Å². The highest BCUT2D eigenvalue weighted by molar-refractivity contribution is 8.18. The minimum Gasteiger partial charge on any atom is -0.390 e. The molecule has 0 bridgehead atoms. The number of nitrogens with zero attached hydrogens (tertiary/aromatic N) is 4. The van der Waals surface area contributed by atoms with Gasteiger partial charge in [-0.2, -0.15) is 18.3 Å². The van der Waals surface area contributed by atoms with Gasteiger partial charge < -0.3 is 5.11 Å². The van der Waals surface area contributed by atoms with E-state index in [9.17, 15) is 32.3 Å². The van der Waals surface area contributed by atoms with Crippen LogP contribution in [0.4, 0.5) is 22.4 Å². The lowest BCUT2D eigenvalue weighted by Crippen LogP contribution is -2.41. The van der Waals surface area contributed by atoms with Crippen molar-refractivity contribution in [3.63, 3.8) is 0 Å². The number of β-amino-alcohol motifs (C(OH)–C–C–N with tert-alkyl or cyclic N) is 1. The van der Waals surface area contributed by atoms with Crippen molar-refractivity contribution in [3.8, 4) is 0 Å². The van der Waals surface area contributed by atoms with Crippen LogP contribution in [0.3, 0.4) is 0 Å². The molecule has 2 amide bonds. The van der Waals surface area contributed by atoms with Crippen LogP contribution in [0.5, 0.6) is 0 Å². The SMILES string of the molecule is O=C1SC(=Cc2ccc3c(cnn3Cc3ccc(Cl)cc3C(F)(F)F)c2)C(=O)N1C[C@H](O)CN1CC[C@@H](F)C1. The van der Waals surface area contributed by atoms with Gasteiger partial charge in [-0.25, -0.2) is 4.39 Å². The number of alkyl halides is 4. The summed E-state index contributed by atoms with van der Waals surface area (Å²) in [5, 5.41) is 14.7. The molecule has 2 atom stereocenters. The number of fused-ring (bicyclic) bond motifs is 1. The second-order valence-corrected chi connectivity index (χ2v) is 10.9. The van der Waals surface area contributed by atoms with Gasteiger partial charge in [0.2, 0.25) is 0 Å². The average Bonchev–Trinajstić information content (AvgIpc) is 3.53. The van der Waals surface area contributed by atoms with E-state index in [0.717, 1.165) is 22.7 Å². The van der Waals surface area contributed by atoms with Gasteiger partial charge in [-0.15, -0.1) is 0 Å². The number of imide groups is 1. The highest BCUT2D eigenvalue weighted by Crippen LogP contribution is 2.35. The molecule has 7 nitrogen and oxygen atoms in total. The number of carbonyl (C=O) groups excluding carboxylic acids is 2. The zero-order chi connectivity index (χ0) is 27.9. The molecule has 0 unspecified atom stereocenters. The molecule has 1 aromatic heterocycles. The summed E-state index contributed by atoms with van der Waals surface area (Å²) in [4.78, 5) is 28.2. The second-order valence-electron chi connectivity index (χ2n) is 9.51. The predicted octanol–water partition coefficient (Wildman–Crippen LogP) is 5.20. The van der Waals surface area contributed by atoms with E-state index in [1.165, 1.54) is 23.0 Å². The van der Waals surface area contributed by atoms with Crippen LogP contribution in [-0.4, -0.2) is 74.3 Å². The fraction of sp³-hybridized carbons (Fsp3) is 0.346.